The molecule has 30 heavy (non-hydrogen) atoms. The first-order valence-electron chi connectivity index (χ1n) is 9.63. The molecule has 0 heterocycles. The minimum absolute atomic E-state index is 0.0855. The van der Waals surface area contributed by atoms with Crippen LogP contribution in [-0.2, 0) is 11.4 Å². The van der Waals surface area contributed by atoms with Gasteiger partial charge < -0.3 is 20.3 Å². The van der Waals surface area contributed by atoms with E-state index < -0.39 is 0 Å². The molecule has 6 heteroatoms. The van der Waals surface area contributed by atoms with Crippen LogP contribution in [0.1, 0.15) is 15.9 Å². The first-order chi connectivity index (χ1) is 14.5. The van der Waals surface area contributed by atoms with Gasteiger partial charge in [-0.25, -0.2) is 0 Å². The van der Waals surface area contributed by atoms with E-state index in [9.17, 15) is 9.59 Å². The number of hydrogen-bond donors (Lipinski definition) is 2. The zero-order valence-electron chi connectivity index (χ0n) is 17.1. The maximum atomic E-state index is 12.2. The fourth-order valence-electron chi connectivity index (χ4n) is 2.78. The summed E-state index contributed by atoms with van der Waals surface area (Å²) in [6.07, 6.45) is 0. The van der Waals surface area contributed by atoms with Crippen LogP contribution in [0.2, 0.25) is 0 Å². The van der Waals surface area contributed by atoms with Crippen LogP contribution in [0.5, 0.6) is 5.75 Å². The maximum Gasteiger partial charge on any atom is 0.253 e. The van der Waals surface area contributed by atoms with E-state index >= 15 is 0 Å². The quantitative estimate of drug-likeness (QED) is 0.596. The van der Waals surface area contributed by atoms with Crippen molar-refractivity contribution in [2.75, 3.05) is 31.3 Å². The second-order valence-electron chi connectivity index (χ2n) is 6.98. The van der Waals surface area contributed by atoms with Crippen LogP contribution >= 0.6 is 0 Å². The minimum Gasteiger partial charge on any atom is -0.489 e. The van der Waals surface area contributed by atoms with Gasteiger partial charge in [-0.1, -0.05) is 36.4 Å². The topological polar surface area (TPSA) is 70.7 Å². The maximum absolute atomic E-state index is 12.2. The molecule has 6 nitrogen and oxygen atoms in total. The summed E-state index contributed by atoms with van der Waals surface area (Å²) in [5.74, 6) is 0.465. The van der Waals surface area contributed by atoms with Gasteiger partial charge in [-0.2, -0.15) is 0 Å². The summed E-state index contributed by atoms with van der Waals surface area (Å²) >= 11 is 0. The molecule has 3 rings (SSSR count). The van der Waals surface area contributed by atoms with E-state index in [0.717, 1.165) is 11.3 Å². The lowest BCUT2D eigenvalue weighted by Crippen LogP contribution is -2.23. The number of carbonyl (C=O) groups excluding carboxylic acids is 2. The smallest absolute Gasteiger partial charge is 0.253 e. The number of hydrogen-bond acceptors (Lipinski definition) is 4. The van der Waals surface area contributed by atoms with Gasteiger partial charge in [0.25, 0.3) is 5.91 Å². The molecular formula is C24H25N3O3. The third-order valence-electron chi connectivity index (χ3n) is 4.36. The highest BCUT2D eigenvalue weighted by Gasteiger charge is 2.09. The predicted octanol–water partition coefficient (Wildman–Crippen LogP) is 4.02. The summed E-state index contributed by atoms with van der Waals surface area (Å²) in [4.78, 5) is 25.8. The number of benzene rings is 3. The standard InChI is InChI=1S/C24H25N3O3/c1-27(2)24(29)19-9-6-10-21(15-19)25-16-23(28)26-20-11-13-22(14-12-20)30-17-18-7-4-3-5-8-18/h3-15,25H,16-17H2,1-2H3,(H,26,28). The molecular weight excluding hydrogens is 378 g/mol. The molecule has 0 fully saturated rings. The molecule has 0 aromatic heterocycles. The van der Waals surface area contributed by atoms with E-state index in [-0.39, 0.29) is 18.4 Å². The normalized spacial score (nSPS) is 10.2. The van der Waals surface area contributed by atoms with Gasteiger partial charge in [-0.05, 0) is 48.0 Å². The number of nitrogens with one attached hydrogen (secondary N) is 2. The molecule has 0 saturated carbocycles. The van der Waals surface area contributed by atoms with Gasteiger partial charge >= 0.3 is 0 Å². The molecule has 0 radical (unpaired) electrons. The van der Waals surface area contributed by atoms with Crippen LogP contribution in [0.25, 0.3) is 0 Å². The van der Waals surface area contributed by atoms with Gasteiger partial charge in [-0.15, -0.1) is 0 Å². The van der Waals surface area contributed by atoms with Crippen molar-refractivity contribution in [2.45, 2.75) is 6.61 Å². The number of rotatable bonds is 8. The number of anilines is 2. The second kappa shape index (κ2) is 10.1. The van der Waals surface area contributed by atoms with Crippen molar-refractivity contribution >= 4 is 23.2 Å². The highest BCUT2D eigenvalue weighted by Crippen LogP contribution is 2.17. The number of carbonyl (C=O) groups is 2. The first-order valence-corrected chi connectivity index (χ1v) is 9.63. The SMILES string of the molecule is CN(C)C(=O)c1cccc(NCC(=O)Nc2ccc(OCc3ccccc3)cc2)c1. The van der Waals surface area contributed by atoms with Crippen LogP contribution < -0.4 is 15.4 Å². The summed E-state index contributed by atoms with van der Waals surface area (Å²) in [5.41, 5.74) is 3.06. The Kier molecular flexibility index (Phi) is 7.05. The van der Waals surface area contributed by atoms with Crippen LogP contribution in [-0.4, -0.2) is 37.4 Å². The lowest BCUT2D eigenvalue weighted by atomic mass is 10.2. The monoisotopic (exact) mass is 403 g/mol. The molecule has 3 aromatic carbocycles. The molecule has 2 amide bonds. The molecule has 0 bridgehead atoms. The largest absolute Gasteiger partial charge is 0.489 e. The van der Waals surface area contributed by atoms with Crippen LogP contribution in [0.4, 0.5) is 11.4 Å². The fraction of sp³-hybridized carbons (Fsp3) is 0.167. The summed E-state index contributed by atoms with van der Waals surface area (Å²) in [6, 6.07) is 24.3. The Bertz CT molecular complexity index is 986. The molecule has 0 spiro atoms. The molecule has 0 aliphatic carbocycles. The molecule has 154 valence electrons. The Balaban J connectivity index is 1.48. The van der Waals surface area contributed by atoms with Gasteiger partial charge in [0.05, 0.1) is 6.54 Å². The molecule has 0 aliphatic heterocycles. The zero-order valence-corrected chi connectivity index (χ0v) is 17.1. The number of amides is 2. The van der Waals surface area contributed by atoms with Gasteiger partial charge in [0.15, 0.2) is 0 Å². The third kappa shape index (κ3) is 6.10. The van der Waals surface area contributed by atoms with E-state index in [4.69, 9.17) is 4.74 Å². The summed E-state index contributed by atoms with van der Waals surface area (Å²) in [5, 5.41) is 5.88. The van der Waals surface area contributed by atoms with E-state index in [2.05, 4.69) is 10.6 Å². The van der Waals surface area contributed by atoms with Crippen molar-refractivity contribution in [2.24, 2.45) is 0 Å². The van der Waals surface area contributed by atoms with E-state index in [0.29, 0.717) is 23.5 Å². The van der Waals surface area contributed by atoms with Gasteiger partial charge in [-0.3, -0.25) is 9.59 Å². The Labute approximate surface area is 176 Å². The predicted molar refractivity (Wildman–Crippen MR) is 119 cm³/mol. The van der Waals surface area contributed by atoms with Crippen LogP contribution in [0, 0.1) is 0 Å². The molecule has 0 unspecified atom stereocenters. The van der Waals surface area contributed by atoms with Crippen molar-refractivity contribution < 1.29 is 14.3 Å². The summed E-state index contributed by atoms with van der Waals surface area (Å²) in [6.45, 7) is 0.581. The molecule has 0 saturated heterocycles. The van der Waals surface area contributed by atoms with Crippen LogP contribution in [0.15, 0.2) is 78.9 Å². The number of ether oxygens (including phenoxy) is 1. The van der Waals surface area contributed by atoms with Crippen LogP contribution in [0.3, 0.4) is 0 Å². The van der Waals surface area contributed by atoms with Crippen molar-refractivity contribution in [3.63, 3.8) is 0 Å². The lowest BCUT2D eigenvalue weighted by molar-refractivity contribution is -0.114. The highest BCUT2D eigenvalue weighted by atomic mass is 16.5. The number of nitrogens with zero attached hydrogens (tertiary/aromatic N) is 1. The van der Waals surface area contributed by atoms with Crippen molar-refractivity contribution in [3.8, 4) is 5.75 Å². The molecule has 2 N–H and O–H groups in total. The van der Waals surface area contributed by atoms with E-state index in [1.807, 2.05) is 48.5 Å². The van der Waals surface area contributed by atoms with Crippen molar-refractivity contribution in [1.29, 1.82) is 0 Å². The molecule has 0 aliphatic rings. The Morgan fingerprint density at radius 1 is 0.867 bits per heavy atom. The zero-order chi connectivity index (χ0) is 21.3. The summed E-state index contributed by atoms with van der Waals surface area (Å²) < 4.78 is 5.75. The van der Waals surface area contributed by atoms with Gasteiger partial charge in [0.2, 0.25) is 5.91 Å². The lowest BCUT2D eigenvalue weighted by Gasteiger charge is -2.12. The summed E-state index contributed by atoms with van der Waals surface area (Å²) in [7, 11) is 3.40. The Morgan fingerprint density at radius 3 is 2.30 bits per heavy atom. The average molecular weight is 403 g/mol. The molecule has 3 aromatic rings. The third-order valence-corrected chi connectivity index (χ3v) is 4.36. The Hall–Kier alpha value is -3.80. The molecule has 0 atom stereocenters. The van der Waals surface area contributed by atoms with Crippen molar-refractivity contribution in [3.05, 3.63) is 90.0 Å². The average Bonchev–Trinajstić information content (AvgIpc) is 2.77. The Morgan fingerprint density at radius 2 is 1.60 bits per heavy atom. The highest BCUT2D eigenvalue weighted by molar-refractivity contribution is 5.96. The van der Waals surface area contributed by atoms with Crippen molar-refractivity contribution in [1.82, 2.24) is 4.90 Å². The van der Waals surface area contributed by atoms with E-state index in [1.54, 1.807) is 44.4 Å². The second-order valence-corrected chi connectivity index (χ2v) is 6.98. The fourth-order valence-corrected chi connectivity index (χ4v) is 2.78. The van der Waals surface area contributed by atoms with E-state index in [1.165, 1.54) is 4.90 Å². The van der Waals surface area contributed by atoms with Gasteiger partial charge in [0, 0.05) is 31.0 Å². The van der Waals surface area contributed by atoms with Gasteiger partial charge in [0.1, 0.15) is 12.4 Å². The minimum atomic E-state index is -0.183. The first kappa shape index (κ1) is 20.9.